The Labute approximate surface area is 186 Å². The fourth-order valence-electron chi connectivity index (χ4n) is 2.37. The second-order valence-electron chi connectivity index (χ2n) is 7.98. The molecule has 1 rings (SSSR count). The normalized spacial score (nSPS) is 13.8. The quantitative estimate of drug-likeness (QED) is 0.299. The lowest BCUT2D eigenvalue weighted by atomic mass is 10.1. The maximum Gasteiger partial charge on any atom is 0.408 e. The molecule has 0 unspecified atom stereocenters. The van der Waals surface area contributed by atoms with Crippen LogP contribution in [0.15, 0.2) is 30.3 Å². The highest BCUT2D eigenvalue weighted by molar-refractivity contribution is 5.92. The van der Waals surface area contributed by atoms with Crippen LogP contribution >= 0.6 is 0 Å². The molecule has 3 atom stereocenters. The molecule has 0 fully saturated rings. The first-order valence-corrected chi connectivity index (χ1v) is 9.99. The van der Waals surface area contributed by atoms with Crippen molar-refractivity contribution in [3.8, 4) is 0 Å². The summed E-state index contributed by atoms with van der Waals surface area (Å²) in [5.41, 5.74) is -0.0349. The standard InChI is InChI=1S/C21H31N3O8/c1-13(26)17(24-16(27)10-22-20(30)32-21(2,3)4)18(28)23-15(11-25)19(29)31-12-14-8-6-5-7-9-14/h5-9,13,15,17,25-26H,10-12H2,1-4H3,(H,22,30)(H,23,28)(H,24,27)/t13-,15+,17+/m1/s1. The van der Waals surface area contributed by atoms with Crippen molar-refractivity contribution in [1.29, 1.82) is 0 Å². The molecule has 0 spiro atoms. The van der Waals surface area contributed by atoms with Crippen LogP contribution < -0.4 is 16.0 Å². The molecule has 0 saturated heterocycles. The van der Waals surface area contributed by atoms with Gasteiger partial charge in [0.15, 0.2) is 6.04 Å². The summed E-state index contributed by atoms with van der Waals surface area (Å²) in [5, 5.41) is 26.0. The molecule has 0 aliphatic rings. The minimum absolute atomic E-state index is 0.0566. The number of hydrogen-bond acceptors (Lipinski definition) is 8. The summed E-state index contributed by atoms with van der Waals surface area (Å²) in [5.74, 6) is -2.57. The molecule has 0 saturated carbocycles. The smallest absolute Gasteiger partial charge is 0.408 e. The zero-order valence-corrected chi connectivity index (χ0v) is 18.6. The van der Waals surface area contributed by atoms with Gasteiger partial charge in [0, 0.05) is 0 Å². The Bertz CT molecular complexity index is 777. The van der Waals surface area contributed by atoms with E-state index >= 15 is 0 Å². The fourth-order valence-corrected chi connectivity index (χ4v) is 2.37. The third kappa shape index (κ3) is 10.2. The van der Waals surface area contributed by atoms with Gasteiger partial charge in [-0.1, -0.05) is 30.3 Å². The maximum absolute atomic E-state index is 12.5. The number of alkyl carbamates (subject to hydrolysis) is 1. The van der Waals surface area contributed by atoms with Crippen molar-refractivity contribution in [1.82, 2.24) is 16.0 Å². The van der Waals surface area contributed by atoms with Crippen LogP contribution in [0.5, 0.6) is 0 Å². The highest BCUT2D eigenvalue weighted by Crippen LogP contribution is 2.06. The van der Waals surface area contributed by atoms with Gasteiger partial charge in [-0.05, 0) is 33.3 Å². The van der Waals surface area contributed by atoms with Crippen molar-refractivity contribution in [2.45, 2.75) is 58.1 Å². The molecule has 0 bridgehead atoms. The molecule has 1 aromatic rings. The van der Waals surface area contributed by atoms with E-state index in [1.54, 1.807) is 51.1 Å². The summed E-state index contributed by atoms with van der Waals surface area (Å²) in [6.45, 7) is 4.91. The van der Waals surface area contributed by atoms with Gasteiger partial charge >= 0.3 is 12.1 Å². The first kappa shape index (κ1) is 26.9. The number of amides is 3. The summed E-state index contributed by atoms with van der Waals surface area (Å²) in [7, 11) is 0. The molecule has 11 heteroatoms. The lowest BCUT2D eigenvalue weighted by molar-refractivity contribution is -0.150. The zero-order valence-electron chi connectivity index (χ0n) is 18.6. The Hall–Kier alpha value is -3.18. The second kappa shape index (κ2) is 12.6. The number of aliphatic hydroxyl groups excluding tert-OH is 2. The van der Waals surface area contributed by atoms with Crippen molar-refractivity contribution in [3.05, 3.63) is 35.9 Å². The predicted octanol–water partition coefficient (Wildman–Crippen LogP) is -0.403. The summed E-state index contributed by atoms with van der Waals surface area (Å²) in [6, 6.07) is 5.97. The van der Waals surface area contributed by atoms with E-state index in [2.05, 4.69) is 16.0 Å². The minimum atomic E-state index is -1.45. The number of rotatable bonds is 10. The molecule has 0 radical (unpaired) electrons. The Morgan fingerprint density at radius 3 is 2.22 bits per heavy atom. The van der Waals surface area contributed by atoms with Gasteiger partial charge in [-0.3, -0.25) is 9.59 Å². The molecular formula is C21H31N3O8. The van der Waals surface area contributed by atoms with E-state index in [-0.39, 0.29) is 6.61 Å². The van der Waals surface area contributed by atoms with Gasteiger partial charge in [-0.2, -0.15) is 0 Å². The SMILES string of the molecule is C[C@@H](O)[C@H](NC(=O)CNC(=O)OC(C)(C)C)C(=O)N[C@@H](CO)C(=O)OCc1ccccc1. The molecular weight excluding hydrogens is 422 g/mol. The first-order chi connectivity index (χ1) is 14.9. The molecule has 0 aliphatic carbocycles. The van der Waals surface area contributed by atoms with Crippen LogP contribution in [0.3, 0.4) is 0 Å². The van der Waals surface area contributed by atoms with E-state index < -0.39 is 60.8 Å². The third-order valence-corrected chi connectivity index (χ3v) is 3.88. The maximum atomic E-state index is 12.5. The first-order valence-electron chi connectivity index (χ1n) is 9.99. The van der Waals surface area contributed by atoms with Gasteiger partial charge in [-0.25, -0.2) is 9.59 Å². The Balaban J connectivity index is 2.61. The topological polar surface area (TPSA) is 163 Å². The molecule has 1 aromatic carbocycles. The number of carbonyl (C=O) groups is 4. The van der Waals surface area contributed by atoms with Crippen LogP contribution in [0.2, 0.25) is 0 Å². The fraction of sp³-hybridized carbons (Fsp3) is 0.524. The average molecular weight is 453 g/mol. The predicted molar refractivity (Wildman–Crippen MR) is 113 cm³/mol. The lowest BCUT2D eigenvalue weighted by Gasteiger charge is -2.24. The molecule has 32 heavy (non-hydrogen) atoms. The Morgan fingerprint density at radius 1 is 1.06 bits per heavy atom. The summed E-state index contributed by atoms with van der Waals surface area (Å²) in [6.07, 6.45) is -2.16. The van der Waals surface area contributed by atoms with Crippen LogP contribution in [0, 0.1) is 0 Å². The van der Waals surface area contributed by atoms with Gasteiger partial charge in [0.1, 0.15) is 24.8 Å². The number of esters is 1. The van der Waals surface area contributed by atoms with Crippen LogP contribution in [0.4, 0.5) is 4.79 Å². The van der Waals surface area contributed by atoms with Crippen molar-refractivity contribution < 1.29 is 38.9 Å². The van der Waals surface area contributed by atoms with E-state index in [4.69, 9.17) is 9.47 Å². The highest BCUT2D eigenvalue weighted by atomic mass is 16.6. The van der Waals surface area contributed by atoms with E-state index in [1.807, 2.05) is 0 Å². The molecule has 3 amide bonds. The summed E-state index contributed by atoms with van der Waals surface area (Å²) < 4.78 is 10.1. The van der Waals surface area contributed by atoms with Gasteiger partial charge in [0.2, 0.25) is 11.8 Å². The van der Waals surface area contributed by atoms with E-state index in [1.165, 1.54) is 6.92 Å². The largest absolute Gasteiger partial charge is 0.459 e. The van der Waals surface area contributed by atoms with Crippen molar-refractivity contribution in [2.75, 3.05) is 13.2 Å². The number of hydrogen-bond donors (Lipinski definition) is 5. The molecule has 0 aliphatic heterocycles. The van der Waals surface area contributed by atoms with Gasteiger partial charge < -0.3 is 35.6 Å². The van der Waals surface area contributed by atoms with Crippen molar-refractivity contribution >= 4 is 23.9 Å². The van der Waals surface area contributed by atoms with E-state index in [0.29, 0.717) is 0 Å². The number of aliphatic hydroxyl groups is 2. The van der Waals surface area contributed by atoms with Gasteiger partial charge in [0.05, 0.1) is 12.7 Å². The average Bonchev–Trinajstić information content (AvgIpc) is 2.71. The lowest BCUT2D eigenvalue weighted by Crippen LogP contribution is -2.57. The van der Waals surface area contributed by atoms with Crippen molar-refractivity contribution in [2.24, 2.45) is 0 Å². The number of carbonyl (C=O) groups excluding carboxylic acids is 4. The third-order valence-electron chi connectivity index (χ3n) is 3.88. The molecule has 5 N–H and O–H groups in total. The van der Waals surface area contributed by atoms with Crippen LogP contribution in [-0.4, -0.2) is 71.0 Å². The highest BCUT2D eigenvalue weighted by Gasteiger charge is 2.30. The number of benzene rings is 1. The zero-order chi connectivity index (χ0) is 24.3. The second-order valence-corrected chi connectivity index (χ2v) is 7.98. The van der Waals surface area contributed by atoms with Gasteiger partial charge in [0.25, 0.3) is 0 Å². The van der Waals surface area contributed by atoms with Crippen molar-refractivity contribution in [3.63, 3.8) is 0 Å². The van der Waals surface area contributed by atoms with Crippen LogP contribution in [0.25, 0.3) is 0 Å². The van der Waals surface area contributed by atoms with Crippen LogP contribution in [-0.2, 0) is 30.5 Å². The molecule has 11 nitrogen and oxygen atoms in total. The summed E-state index contributed by atoms with van der Waals surface area (Å²) in [4.78, 5) is 48.3. The Kier molecular flexibility index (Phi) is 10.6. The Morgan fingerprint density at radius 2 is 1.69 bits per heavy atom. The van der Waals surface area contributed by atoms with Gasteiger partial charge in [-0.15, -0.1) is 0 Å². The molecule has 178 valence electrons. The van der Waals surface area contributed by atoms with E-state index in [9.17, 15) is 29.4 Å². The minimum Gasteiger partial charge on any atom is -0.459 e. The van der Waals surface area contributed by atoms with E-state index in [0.717, 1.165) is 5.56 Å². The van der Waals surface area contributed by atoms with Crippen LogP contribution in [0.1, 0.15) is 33.3 Å². The molecule has 0 aromatic heterocycles. The number of ether oxygens (including phenoxy) is 2. The summed E-state index contributed by atoms with van der Waals surface area (Å²) >= 11 is 0. The monoisotopic (exact) mass is 453 g/mol. The number of nitrogens with one attached hydrogen (secondary N) is 3. The molecule has 0 heterocycles.